The smallest absolute Gasteiger partial charge is 0.162 e. The third-order valence-electron chi connectivity index (χ3n) is 5.17. The largest absolute Gasteiger partial charge is 0.368 e. The summed E-state index contributed by atoms with van der Waals surface area (Å²) in [5, 5.41) is 13.3. The molecule has 0 unspecified atom stereocenters. The number of benzene rings is 2. The molecule has 0 amide bonds. The number of rotatable bonds is 8. The van der Waals surface area contributed by atoms with Crippen molar-refractivity contribution in [2.75, 3.05) is 31.5 Å². The molecule has 6 heteroatoms. The van der Waals surface area contributed by atoms with Crippen molar-refractivity contribution in [3.8, 4) is 11.4 Å². The quantitative estimate of drug-likeness (QED) is 0.358. The maximum atomic E-state index is 4.86. The maximum Gasteiger partial charge on any atom is 0.162 e. The molecule has 0 fully saturated rings. The Labute approximate surface area is 171 Å². The lowest BCUT2D eigenvalue weighted by molar-refractivity contribution is 0.303. The fourth-order valence-corrected chi connectivity index (χ4v) is 3.49. The molecule has 4 aromatic rings. The summed E-state index contributed by atoms with van der Waals surface area (Å²) in [7, 11) is 0. The molecule has 4 rings (SSSR count). The highest BCUT2D eigenvalue weighted by Gasteiger charge is 2.14. The molecule has 0 atom stereocenters. The van der Waals surface area contributed by atoms with Crippen LogP contribution in [-0.2, 0) is 0 Å². The summed E-state index contributed by atoms with van der Waals surface area (Å²) in [5.74, 6) is 1.44. The van der Waals surface area contributed by atoms with E-state index in [2.05, 4.69) is 34.3 Å². The number of nitrogens with zero attached hydrogens (tertiary/aromatic N) is 5. The Morgan fingerprint density at radius 1 is 0.828 bits per heavy atom. The van der Waals surface area contributed by atoms with Gasteiger partial charge >= 0.3 is 0 Å². The lowest BCUT2D eigenvalue weighted by atomic mass is 10.1. The Balaban J connectivity index is 1.72. The molecule has 0 aliphatic rings. The van der Waals surface area contributed by atoms with Gasteiger partial charge in [-0.15, -0.1) is 10.2 Å². The normalized spacial score (nSPS) is 11.4. The van der Waals surface area contributed by atoms with Gasteiger partial charge in [0, 0.05) is 17.5 Å². The molecule has 2 heterocycles. The van der Waals surface area contributed by atoms with Gasteiger partial charge in [0.25, 0.3) is 0 Å². The molecule has 148 valence electrons. The van der Waals surface area contributed by atoms with Crippen molar-refractivity contribution in [2.45, 2.75) is 20.3 Å². The Kier molecular flexibility index (Phi) is 5.91. The van der Waals surface area contributed by atoms with Crippen molar-refractivity contribution >= 4 is 27.8 Å². The van der Waals surface area contributed by atoms with Crippen LogP contribution in [0.2, 0.25) is 0 Å². The van der Waals surface area contributed by atoms with E-state index in [4.69, 9.17) is 9.97 Å². The first kappa shape index (κ1) is 19.2. The Morgan fingerprint density at radius 3 is 2.38 bits per heavy atom. The molecule has 0 aliphatic carbocycles. The number of aromatic nitrogens is 4. The lowest BCUT2D eigenvalue weighted by Crippen LogP contribution is -2.25. The van der Waals surface area contributed by atoms with Gasteiger partial charge in [-0.05, 0) is 32.1 Å². The Morgan fingerprint density at radius 2 is 1.59 bits per heavy atom. The van der Waals surface area contributed by atoms with Crippen LogP contribution in [0.5, 0.6) is 0 Å². The number of hydrogen-bond donors (Lipinski definition) is 1. The van der Waals surface area contributed by atoms with Gasteiger partial charge in [-0.1, -0.05) is 62.4 Å². The summed E-state index contributed by atoms with van der Waals surface area (Å²) in [6, 6.07) is 18.0. The Bertz CT molecular complexity index is 1090. The summed E-state index contributed by atoms with van der Waals surface area (Å²) < 4.78 is 0. The van der Waals surface area contributed by atoms with Crippen LogP contribution in [0.1, 0.15) is 20.3 Å². The molecule has 0 saturated carbocycles. The summed E-state index contributed by atoms with van der Waals surface area (Å²) in [4.78, 5) is 12.1. The zero-order chi connectivity index (χ0) is 20.1. The van der Waals surface area contributed by atoms with Gasteiger partial charge in [0.2, 0.25) is 0 Å². The highest BCUT2D eigenvalue weighted by atomic mass is 15.1. The SMILES string of the molecule is CCN(CC)CCCNc1nc(-c2ccccc2)nc2c1nnc1ccccc12. The summed E-state index contributed by atoms with van der Waals surface area (Å²) in [6.45, 7) is 8.42. The molecular weight excluding hydrogens is 360 g/mol. The third kappa shape index (κ3) is 4.17. The highest BCUT2D eigenvalue weighted by Crippen LogP contribution is 2.27. The van der Waals surface area contributed by atoms with E-state index in [9.17, 15) is 0 Å². The van der Waals surface area contributed by atoms with Crippen LogP contribution in [0.3, 0.4) is 0 Å². The predicted octanol–water partition coefficient (Wildman–Crippen LogP) is 4.38. The fraction of sp³-hybridized carbons (Fsp3) is 0.304. The standard InChI is InChI=1S/C23H26N6/c1-3-29(4-2)16-10-15-24-23-21-20(18-13-8-9-14-19(18)27-28-21)25-22(26-23)17-11-6-5-7-12-17/h5-9,11-14H,3-4,10,15-16H2,1-2H3,(H,24,25,26). The molecule has 2 aromatic carbocycles. The van der Waals surface area contributed by atoms with Gasteiger partial charge in [-0.2, -0.15) is 0 Å². The minimum Gasteiger partial charge on any atom is -0.368 e. The van der Waals surface area contributed by atoms with Crippen LogP contribution in [0.15, 0.2) is 54.6 Å². The van der Waals surface area contributed by atoms with E-state index in [-0.39, 0.29) is 0 Å². The van der Waals surface area contributed by atoms with Crippen LogP contribution in [0.25, 0.3) is 33.3 Å². The maximum absolute atomic E-state index is 4.86. The van der Waals surface area contributed by atoms with Crippen LogP contribution in [0.4, 0.5) is 5.82 Å². The van der Waals surface area contributed by atoms with E-state index < -0.39 is 0 Å². The molecule has 0 radical (unpaired) electrons. The van der Waals surface area contributed by atoms with Crippen molar-refractivity contribution in [1.29, 1.82) is 0 Å². The minimum absolute atomic E-state index is 0.697. The average molecular weight is 387 g/mol. The summed E-state index contributed by atoms with van der Waals surface area (Å²) >= 11 is 0. The van der Waals surface area contributed by atoms with E-state index in [0.717, 1.165) is 60.4 Å². The van der Waals surface area contributed by atoms with Gasteiger partial charge in [0.05, 0.1) is 5.52 Å². The lowest BCUT2D eigenvalue weighted by Gasteiger charge is -2.18. The second kappa shape index (κ2) is 8.92. The first-order chi connectivity index (χ1) is 14.3. The van der Waals surface area contributed by atoms with Crippen molar-refractivity contribution in [3.63, 3.8) is 0 Å². The number of anilines is 1. The van der Waals surface area contributed by atoms with Gasteiger partial charge in [0.15, 0.2) is 17.2 Å². The van der Waals surface area contributed by atoms with Gasteiger partial charge in [0.1, 0.15) is 5.52 Å². The molecular formula is C23H26N6. The van der Waals surface area contributed by atoms with Gasteiger partial charge in [-0.3, -0.25) is 0 Å². The van der Waals surface area contributed by atoms with Gasteiger partial charge in [-0.25, -0.2) is 9.97 Å². The van der Waals surface area contributed by atoms with Crippen molar-refractivity contribution in [3.05, 3.63) is 54.6 Å². The fourth-order valence-electron chi connectivity index (χ4n) is 3.49. The molecule has 1 N–H and O–H groups in total. The van der Waals surface area contributed by atoms with Crippen LogP contribution in [0, 0.1) is 0 Å². The van der Waals surface area contributed by atoms with Crippen molar-refractivity contribution in [2.24, 2.45) is 0 Å². The van der Waals surface area contributed by atoms with Crippen LogP contribution < -0.4 is 5.32 Å². The molecule has 0 spiro atoms. The molecule has 0 saturated heterocycles. The number of hydrogen-bond acceptors (Lipinski definition) is 6. The van der Waals surface area contributed by atoms with E-state index in [1.807, 2.05) is 54.6 Å². The van der Waals surface area contributed by atoms with Crippen LogP contribution in [-0.4, -0.2) is 51.2 Å². The topological polar surface area (TPSA) is 66.8 Å². The van der Waals surface area contributed by atoms with E-state index in [0.29, 0.717) is 11.3 Å². The first-order valence-corrected chi connectivity index (χ1v) is 10.2. The van der Waals surface area contributed by atoms with E-state index in [1.165, 1.54) is 0 Å². The van der Waals surface area contributed by atoms with E-state index >= 15 is 0 Å². The third-order valence-corrected chi connectivity index (χ3v) is 5.17. The van der Waals surface area contributed by atoms with Crippen molar-refractivity contribution < 1.29 is 0 Å². The average Bonchev–Trinajstić information content (AvgIpc) is 2.79. The summed E-state index contributed by atoms with van der Waals surface area (Å²) in [5.41, 5.74) is 3.37. The molecule has 0 bridgehead atoms. The van der Waals surface area contributed by atoms with Crippen LogP contribution >= 0.6 is 0 Å². The Hall–Kier alpha value is -3.12. The second-order valence-electron chi connectivity index (χ2n) is 6.98. The second-order valence-corrected chi connectivity index (χ2v) is 6.98. The zero-order valence-corrected chi connectivity index (χ0v) is 17.0. The summed E-state index contributed by atoms with van der Waals surface area (Å²) in [6.07, 6.45) is 1.04. The van der Waals surface area contributed by atoms with Gasteiger partial charge < -0.3 is 10.2 Å². The number of nitrogens with one attached hydrogen (secondary N) is 1. The van der Waals surface area contributed by atoms with Crippen molar-refractivity contribution in [1.82, 2.24) is 25.1 Å². The predicted molar refractivity (Wildman–Crippen MR) is 119 cm³/mol. The minimum atomic E-state index is 0.697. The molecule has 2 aromatic heterocycles. The monoisotopic (exact) mass is 386 g/mol. The zero-order valence-electron chi connectivity index (χ0n) is 17.0. The highest BCUT2D eigenvalue weighted by molar-refractivity contribution is 6.04. The molecule has 6 nitrogen and oxygen atoms in total. The van der Waals surface area contributed by atoms with E-state index in [1.54, 1.807) is 0 Å². The molecule has 0 aliphatic heterocycles. The molecule has 29 heavy (non-hydrogen) atoms. The first-order valence-electron chi connectivity index (χ1n) is 10.2. The number of fused-ring (bicyclic) bond motifs is 3.